The fourth-order valence-corrected chi connectivity index (χ4v) is 3.45. The zero-order valence-electron chi connectivity index (χ0n) is 13.3. The lowest BCUT2D eigenvalue weighted by atomic mass is 9.96. The van der Waals surface area contributed by atoms with E-state index in [0.29, 0.717) is 5.92 Å². The van der Waals surface area contributed by atoms with Gasteiger partial charge in [-0.05, 0) is 67.3 Å². The van der Waals surface area contributed by atoms with E-state index in [2.05, 4.69) is 39.4 Å². The van der Waals surface area contributed by atoms with E-state index < -0.39 is 0 Å². The number of rotatable bonds is 5. The largest absolute Gasteiger partial charge is 0.342 e. The highest BCUT2D eigenvalue weighted by atomic mass is 79.9. The number of carbonyl (C=O) groups excluding carboxylic acids is 1. The predicted molar refractivity (Wildman–Crippen MR) is 89.6 cm³/mol. The molecule has 2 heterocycles. The Hall–Kier alpha value is -0.810. The third kappa shape index (κ3) is 4.33. The first-order chi connectivity index (χ1) is 10.0. The summed E-state index contributed by atoms with van der Waals surface area (Å²) in [6.07, 6.45) is 5.40. The van der Waals surface area contributed by atoms with E-state index in [1.165, 1.54) is 12.8 Å². The molecule has 1 aromatic rings. The topological polar surface area (TPSA) is 28.5 Å². The van der Waals surface area contributed by atoms with Gasteiger partial charge in [-0.25, -0.2) is 0 Å². The van der Waals surface area contributed by atoms with Gasteiger partial charge in [0.1, 0.15) is 5.69 Å². The van der Waals surface area contributed by atoms with Crippen LogP contribution in [0, 0.1) is 5.92 Å². The lowest BCUT2D eigenvalue weighted by molar-refractivity contribution is 0.0736. The molecule has 21 heavy (non-hydrogen) atoms. The van der Waals surface area contributed by atoms with Crippen LogP contribution in [-0.4, -0.2) is 54.0 Å². The van der Waals surface area contributed by atoms with Crippen molar-refractivity contribution in [1.29, 1.82) is 0 Å². The molecule has 1 fully saturated rings. The van der Waals surface area contributed by atoms with Crippen molar-refractivity contribution in [3.63, 3.8) is 0 Å². The summed E-state index contributed by atoms with van der Waals surface area (Å²) in [5, 5.41) is 0. The minimum absolute atomic E-state index is 0.132. The van der Waals surface area contributed by atoms with Crippen LogP contribution in [-0.2, 0) is 6.54 Å². The second-order valence-corrected chi connectivity index (χ2v) is 7.08. The molecule has 0 aliphatic carbocycles. The highest BCUT2D eigenvalue weighted by Gasteiger charge is 2.22. The normalized spacial score (nSPS) is 17.1. The average molecular weight is 356 g/mol. The van der Waals surface area contributed by atoms with E-state index in [9.17, 15) is 4.79 Å². The van der Waals surface area contributed by atoms with Gasteiger partial charge in [-0.3, -0.25) is 4.79 Å². The quantitative estimate of drug-likeness (QED) is 0.811. The summed E-state index contributed by atoms with van der Waals surface area (Å²) in [7, 11) is 4.10. The first-order valence-electron chi connectivity index (χ1n) is 7.81. The molecule has 1 aliphatic heterocycles. The van der Waals surface area contributed by atoms with Crippen LogP contribution >= 0.6 is 15.9 Å². The summed E-state index contributed by atoms with van der Waals surface area (Å²) in [6.45, 7) is 6.16. The molecule has 5 heteroatoms. The summed E-state index contributed by atoms with van der Waals surface area (Å²) in [5.41, 5.74) is 0.791. The van der Waals surface area contributed by atoms with Crippen LogP contribution in [0.2, 0.25) is 0 Å². The van der Waals surface area contributed by atoms with Gasteiger partial charge in [0.25, 0.3) is 5.91 Å². The molecule has 0 bridgehead atoms. The highest BCUT2D eigenvalue weighted by Crippen LogP contribution is 2.20. The van der Waals surface area contributed by atoms with E-state index in [0.717, 1.165) is 42.8 Å². The van der Waals surface area contributed by atoms with Crippen molar-refractivity contribution in [3.8, 4) is 0 Å². The Morgan fingerprint density at radius 1 is 1.43 bits per heavy atom. The lowest BCUT2D eigenvalue weighted by Gasteiger charge is -2.31. The maximum Gasteiger partial charge on any atom is 0.270 e. The average Bonchev–Trinajstić information content (AvgIpc) is 2.82. The summed E-state index contributed by atoms with van der Waals surface area (Å²) < 4.78 is 3.03. The summed E-state index contributed by atoms with van der Waals surface area (Å²) in [4.78, 5) is 16.9. The van der Waals surface area contributed by atoms with Crippen molar-refractivity contribution in [3.05, 3.63) is 22.4 Å². The number of halogens is 1. The Labute approximate surface area is 136 Å². The van der Waals surface area contributed by atoms with Crippen LogP contribution in [0.25, 0.3) is 0 Å². The number of amides is 1. The van der Waals surface area contributed by atoms with Crippen LogP contribution in [0.5, 0.6) is 0 Å². The monoisotopic (exact) mass is 355 g/mol. The zero-order chi connectivity index (χ0) is 15.4. The Balaban J connectivity index is 1.98. The van der Waals surface area contributed by atoms with Gasteiger partial charge in [0.15, 0.2) is 0 Å². The van der Waals surface area contributed by atoms with Gasteiger partial charge in [0, 0.05) is 30.8 Å². The van der Waals surface area contributed by atoms with Crippen LogP contribution in [0.15, 0.2) is 16.7 Å². The molecule has 0 aromatic carbocycles. The first kappa shape index (κ1) is 16.6. The Kier molecular flexibility index (Phi) is 5.88. The van der Waals surface area contributed by atoms with Gasteiger partial charge in [-0.2, -0.15) is 0 Å². The SMILES string of the molecule is CCCn1cc(Br)cc1C(=O)N(C)CC1CCN(C)CC1. The minimum Gasteiger partial charge on any atom is -0.342 e. The van der Waals surface area contributed by atoms with Crippen molar-refractivity contribution in [2.45, 2.75) is 32.7 Å². The Bertz CT molecular complexity index is 478. The van der Waals surface area contributed by atoms with E-state index >= 15 is 0 Å². The van der Waals surface area contributed by atoms with Crippen molar-refractivity contribution >= 4 is 21.8 Å². The van der Waals surface area contributed by atoms with Crippen LogP contribution < -0.4 is 0 Å². The van der Waals surface area contributed by atoms with Gasteiger partial charge in [0.05, 0.1) is 0 Å². The molecule has 0 unspecified atom stereocenters. The number of nitrogens with zero attached hydrogens (tertiary/aromatic N) is 3. The molecular weight excluding hydrogens is 330 g/mol. The Morgan fingerprint density at radius 2 is 2.10 bits per heavy atom. The van der Waals surface area contributed by atoms with Crippen molar-refractivity contribution in [2.75, 3.05) is 33.7 Å². The molecular formula is C16H26BrN3O. The van der Waals surface area contributed by atoms with Crippen LogP contribution in [0.1, 0.15) is 36.7 Å². The molecule has 118 valence electrons. The number of hydrogen-bond acceptors (Lipinski definition) is 2. The standard InChI is InChI=1S/C16H26BrN3O/c1-4-7-20-12-14(17)10-15(20)16(21)19(3)11-13-5-8-18(2)9-6-13/h10,12-13H,4-9,11H2,1-3H3. The van der Waals surface area contributed by atoms with Crippen molar-refractivity contribution < 1.29 is 4.79 Å². The fraction of sp³-hybridized carbons (Fsp3) is 0.688. The predicted octanol–water partition coefficient (Wildman–Crippen LogP) is 3.07. The Morgan fingerprint density at radius 3 is 2.71 bits per heavy atom. The number of hydrogen-bond donors (Lipinski definition) is 0. The number of aryl methyl sites for hydroxylation is 1. The third-order valence-corrected chi connectivity index (χ3v) is 4.70. The molecule has 1 amide bonds. The fourth-order valence-electron chi connectivity index (χ4n) is 2.99. The molecule has 0 radical (unpaired) electrons. The molecule has 2 rings (SSSR count). The highest BCUT2D eigenvalue weighted by molar-refractivity contribution is 9.10. The molecule has 0 N–H and O–H groups in total. The number of piperidine rings is 1. The van der Waals surface area contributed by atoms with Gasteiger partial charge in [-0.15, -0.1) is 0 Å². The van der Waals surface area contributed by atoms with Crippen molar-refractivity contribution in [1.82, 2.24) is 14.4 Å². The second kappa shape index (κ2) is 7.45. The molecule has 0 saturated carbocycles. The molecule has 1 aromatic heterocycles. The van der Waals surface area contributed by atoms with E-state index in [-0.39, 0.29) is 5.91 Å². The molecule has 0 atom stereocenters. The van der Waals surface area contributed by atoms with Gasteiger partial charge >= 0.3 is 0 Å². The smallest absolute Gasteiger partial charge is 0.270 e. The number of aromatic nitrogens is 1. The van der Waals surface area contributed by atoms with Crippen LogP contribution in [0.3, 0.4) is 0 Å². The summed E-state index contributed by atoms with van der Waals surface area (Å²) in [5.74, 6) is 0.765. The third-order valence-electron chi connectivity index (χ3n) is 4.26. The first-order valence-corrected chi connectivity index (χ1v) is 8.60. The van der Waals surface area contributed by atoms with Crippen LogP contribution in [0.4, 0.5) is 0 Å². The molecule has 4 nitrogen and oxygen atoms in total. The van der Waals surface area contributed by atoms with Gasteiger partial charge in [-0.1, -0.05) is 6.92 Å². The maximum absolute atomic E-state index is 12.7. The van der Waals surface area contributed by atoms with E-state index in [1.807, 2.05) is 24.2 Å². The maximum atomic E-state index is 12.7. The van der Waals surface area contributed by atoms with E-state index in [1.54, 1.807) is 0 Å². The molecule has 1 saturated heterocycles. The zero-order valence-corrected chi connectivity index (χ0v) is 14.9. The number of carbonyl (C=O) groups is 1. The second-order valence-electron chi connectivity index (χ2n) is 6.17. The lowest BCUT2D eigenvalue weighted by Crippen LogP contribution is -2.38. The summed E-state index contributed by atoms with van der Waals surface area (Å²) in [6, 6.07) is 1.93. The van der Waals surface area contributed by atoms with Crippen molar-refractivity contribution in [2.24, 2.45) is 5.92 Å². The molecule has 0 spiro atoms. The minimum atomic E-state index is 0.132. The summed E-state index contributed by atoms with van der Waals surface area (Å²) >= 11 is 3.48. The number of likely N-dealkylation sites (tertiary alicyclic amines) is 1. The van der Waals surface area contributed by atoms with Gasteiger partial charge < -0.3 is 14.4 Å². The van der Waals surface area contributed by atoms with E-state index in [4.69, 9.17) is 0 Å². The van der Waals surface area contributed by atoms with Gasteiger partial charge in [0.2, 0.25) is 0 Å². The molecule has 1 aliphatic rings.